The number of carbonyl (C=O) groups is 1. The number of benzene rings is 1. The Morgan fingerprint density at radius 2 is 2.04 bits per heavy atom. The highest BCUT2D eigenvalue weighted by molar-refractivity contribution is 5.91. The Morgan fingerprint density at radius 1 is 1.15 bits per heavy atom. The van der Waals surface area contributed by atoms with Crippen LogP contribution in [0.2, 0.25) is 0 Å². The number of nitrogens with zero attached hydrogens (tertiary/aromatic N) is 3. The molecule has 1 atom stereocenters. The van der Waals surface area contributed by atoms with Gasteiger partial charge < -0.3 is 18.6 Å². The molecule has 1 unspecified atom stereocenters. The third kappa shape index (κ3) is 3.20. The summed E-state index contributed by atoms with van der Waals surface area (Å²) in [7, 11) is 0. The fourth-order valence-electron chi connectivity index (χ4n) is 3.34. The molecular weight excluding hydrogens is 346 g/mol. The molecular formula is C20H19N3O4. The fourth-order valence-corrected chi connectivity index (χ4v) is 3.34. The zero-order valence-corrected chi connectivity index (χ0v) is 14.7. The number of hydrogen-bond acceptors (Lipinski definition) is 6. The minimum Gasteiger partial charge on any atom is -0.488 e. The smallest absolute Gasteiger partial charge is 0.289 e. The van der Waals surface area contributed by atoms with Crippen LogP contribution in [0, 0.1) is 0 Å². The molecule has 3 heterocycles. The highest BCUT2D eigenvalue weighted by Crippen LogP contribution is 2.39. The van der Waals surface area contributed by atoms with E-state index < -0.39 is 0 Å². The van der Waals surface area contributed by atoms with Crippen molar-refractivity contribution >= 4 is 5.91 Å². The lowest BCUT2D eigenvalue weighted by Crippen LogP contribution is -2.30. The third-order valence-electron chi connectivity index (χ3n) is 4.96. The molecule has 7 nitrogen and oxygen atoms in total. The van der Waals surface area contributed by atoms with Crippen LogP contribution in [0.3, 0.4) is 0 Å². The Kier molecular flexibility index (Phi) is 3.92. The normalized spacial score (nSPS) is 19.4. The van der Waals surface area contributed by atoms with Gasteiger partial charge in [0, 0.05) is 18.9 Å². The predicted molar refractivity (Wildman–Crippen MR) is 95.4 cm³/mol. The first kappa shape index (κ1) is 16.1. The Hall–Kier alpha value is -3.09. The Bertz CT molecular complexity index is 946. The second-order valence-corrected chi connectivity index (χ2v) is 6.99. The van der Waals surface area contributed by atoms with Gasteiger partial charge in [0.1, 0.15) is 11.9 Å². The Morgan fingerprint density at radius 3 is 2.85 bits per heavy atom. The van der Waals surface area contributed by atoms with Crippen molar-refractivity contribution in [2.24, 2.45) is 0 Å². The molecule has 5 rings (SSSR count). The molecule has 1 aromatic carbocycles. The zero-order chi connectivity index (χ0) is 18.2. The maximum absolute atomic E-state index is 12.4. The predicted octanol–water partition coefficient (Wildman–Crippen LogP) is 3.50. The minimum atomic E-state index is -0.106. The van der Waals surface area contributed by atoms with Gasteiger partial charge in [-0.15, -0.1) is 0 Å². The highest BCUT2D eigenvalue weighted by atomic mass is 16.5. The summed E-state index contributed by atoms with van der Waals surface area (Å²) in [5.41, 5.74) is 0.785. The fraction of sp³-hybridized carbons (Fsp3) is 0.350. The lowest BCUT2D eigenvalue weighted by Gasteiger charge is -2.17. The molecule has 2 fully saturated rings. The maximum atomic E-state index is 12.4. The molecule has 3 aromatic rings. The van der Waals surface area contributed by atoms with Gasteiger partial charge in [0.25, 0.3) is 11.8 Å². The van der Waals surface area contributed by atoms with E-state index in [0.29, 0.717) is 36.4 Å². The van der Waals surface area contributed by atoms with E-state index in [1.165, 1.54) is 6.26 Å². The average Bonchev–Trinajstić information content (AvgIpc) is 3.12. The van der Waals surface area contributed by atoms with Gasteiger partial charge in [-0.25, -0.2) is 0 Å². The molecule has 1 saturated carbocycles. The van der Waals surface area contributed by atoms with E-state index in [0.717, 1.165) is 30.7 Å². The molecule has 27 heavy (non-hydrogen) atoms. The summed E-state index contributed by atoms with van der Waals surface area (Å²) in [6.07, 6.45) is 4.43. The molecule has 2 aliphatic rings. The van der Waals surface area contributed by atoms with Crippen molar-refractivity contribution in [2.75, 3.05) is 13.1 Å². The van der Waals surface area contributed by atoms with Gasteiger partial charge >= 0.3 is 0 Å². The van der Waals surface area contributed by atoms with Gasteiger partial charge in [0.15, 0.2) is 11.6 Å². The van der Waals surface area contributed by atoms with Crippen LogP contribution < -0.4 is 4.74 Å². The summed E-state index contributed by atoms with van der Waals surface area (Å²) in [4.78, 5) is 18.7. The van der Waals surface area contributed by atoms with Crippen molar-refractivity contribution in [2.45, 2.75) is 31.3 Å². The topological polar surface area (TPSA) is 81.6 Å². The van der Waals surface area contributed by atoms with Gasteiger partial charge in [-0.1, -0.05) is 17.3 Å². The van der Waals surface area contributed by atoms with Crippen LogP contribution >= 0.6 is 0 Å². The zero-order valence-electron chi connectivity index (χ0n) is 14.7. The number of carbonyl (C=O) groups excluding carboxylic acids is 1. The van der Waals surface area contributed by atoms with E-state index in [9.17, 15) is 4.79 Å². The molecule has 1 amide bonds. The van der Waals surface area contributed by atoms with Crippen molar-refractivity contribution in [3.05, 3.63) is 54.2 Å². The number of aromatic nitrogens is 2. The van der Waals surface area contributed by atoms with Crippen LogP contribution in [-0.2, 0) is 0 Å². The molecule has 1 aliphatic heterocycles. The van der Waals surface area contributed by atoms with E-state index in [2.05, 4.69) is 10.1 Å². The maximum Gasteiger partial charge on any atom is 0.289 e. The Balaban J connectivity index is 1.30. The monoisotopic (exact) mass is 365 g/mol. The third-order valence-corrected chi connectivity index (χ3v) is 4.96. The molecule has 0 radical (unpaired) electrons. The van der Waals surface area contributed by atoms with Crippen LogP contribution in [-0.4, -0.2) is 40.1 Å². The summed E-state index contributed by atoms with van der Waals surface area (Å²) >= 11 is 0. The van der Waals surface area contributed by atoms with Crippen LogP contribution in [0.4, 0.5) is 0 Å². The van der Waals surface area contributed by atoms with Crippen molar-refractivity contribution in [1.82, 2.24) is 15.0 Å². The van der Waals surface area contributed by atoms with E-state index in [-0.39, 0.29) is 12.0 Å². The van der Waals surface area contributed by atoms with Crippen LogP contribution in [0.25, 0.3) is 11.5 Å². The first-order chi connectivity index (χ1) is 13.3. The van der Waals surface area contributed by atoms with Gasteiger partial charge in [-0.3, -0.25) is 4.79 Å². The van der Waals surface area contributed by atoms with Gasteiger partial charge in [-0.2, -0.15) is 4.98 Å². The second kappa shape index (κ2) is 6.57. The Labute approximate surface area is 155 Å². The number of para-hydroxylation sites is 1. The number of ether oxygens (including phenoxy) is 1. The number of amides is 1. The SMILES string of the molecule is O=C(c1ccco1)N1CCC(Oc2ccccc2-c2nc(C3CC3)no2)C1. The van der Waals surface area contributed by atoms with Crippen molar-refractivity contribution in [1.29, 1.82) is 0 Å². The largest absolute Gasteiger partial charge is 0.488 e. The molecule has 1 saturated heterocycles. The van der Waals surface area contributed by atoms with Crippen LogP contribution in [0.15, 0.2) is 51.6 Å². The number of hydrogen-bond donors (Lipinski definition) is 0. The lowest BCUT2D eigenvalue weighted by molar-refractivity contribution is 0.0741. The van der Waals surface area contributed by atoms with Crippen LogP contribution in [0.5, 0.6) is 5.75 Å². The summed E-state index contributed by atoms with van der Waals surface area (Å²) < 4.78 is 16.8. The van der Waals surface area contributed by atoms with Gasteiger partial charge in [0.2, 0.25) is 0 Å². The van der Waals surface area contributed by atoms with E-state index in [1.807, 2.05) is 24.3 Å². The molecule has 0 bridgehead atoms. The summed E-state index contributed by atoms with van der Waals surface area (Å²) in [6.45, 7) is 1.16. The van der Waals surface area contributed by atoms with Gasteiger partial charge in [-0.05, 0) is 37.1 Å². The first-order valence-corrected chi connectivity index (χ1v) is 9.20. The average molecular weight is 365 g/mol. The molecule has 0 N–H and O–H groups in total. The van der Waals surface area contributed by atoms with Crippen molar-refractivity contribution in [3.8, 4) is 17.2 Å². The number of rotatable bonds is 5. The highest BCUT2D eigenvalue weighted by Gasteiger charge is 2.31. The molecule has 1 aliphatic carbocycles. The molecule has 7 heteroatoms. The van der Waals surface area contributed by atoms with Crippen LogP contribution in [0.1, 0.15) is 41.6 Å². The number of furan rings is 1. The standard InChI is InChI=1S/C20H19N3O4/c24-20(17-6-3-11-25-17)23-10-9-14(12-23)26-16-5-2-1-4-15(16)19-21-18(22-27-19)13-7-8-13/h1-6,11,13-14H,7-10,12H2. The van der Waals surface area contributed by atoms with Gasteiger partial charge in [0.05, 0.1) is 18.4 Å². The molecule has 138 valence electrons. The summed E-state index contributed by atoms with van der Waals surface area (Å²) in [5, 5.41) is 4.09. The van der Waals surface area contributed by atoms with E-state index >= 15 is 0 Å². The van der Waals surface area contributed by atoms with Crippen molar-refractivity contribution < 1.29 is 18.5 Å². The minimum absolute atomic E-state index is 0.0871. The lowest BCUT2D eigenvalue weighted by atomic mass is 10.2. The second-order valence-electron chi connectivity index (χ2n) is 6.99. The molecule has 0 spiro atoms. The number of likely N-dealkylation sites (tertiary alicyclic amines) is 1. The summed E-state index contributed by atoms with van der Waals surface area (Å²) in [5.74, 6) is 2.64. The molecule has 2 aromatic heterocycles. The van der Waals surface area contributed by atoms with E-state index in [1.54, 1.807) is 17.0 Å². The van der Waals surface area contributed by atoms with E-state index in [4.69, 9.17) is 13.7 Å². The van der Waals surface area contributed by atoms with Crippen molar-refractivity contribution in [3.63, 3.8) is 0 Å². The summed E-state index contributed by atoms with van der Waals surface area (Å²) in [6, 6.07) is 11.0. The quantitative estimate of drug-likeness (QED) is 0.688. The first-order valence-electron chi connectivity index (χ1n) is 9.20.